The van der Waals surface area contributed by atoms with Crippen LogP contribution in [0.2, 0.25) is 0 Å². The van der Waals surface area contributed by atoms with Gasteiger partial charge in [0.1, 0.15) is 24.1 Å². The van der Waals surface area contributed by atoms with Crippen LogP contribution in [0, 0.1) is 23.5 Å². The van der Waals surface area contributed by atoms with Crippen LogP contribution < -0.4 is 15.1 Å². The van der Waals surface area contributed by atoms with E-state index in [4.69, 9.17) is 5.11 Å². The number of anilines is 3. The number of piperidine rings is 1. The molecule has 7 rings (SSSR count). The van der Waals surface area contributed by atoms with E-state index in [1.807, 2.05) is 17.0 Å². The topological polar surface area (TPSA) is 119 Å². The van der Waals surface area contributed by atoms with Crippen LogP contribution in [0.15, 0.2) is 54.9 Å². The van der Waals surface area contributed by atoms with E-state index < -0.39 is 24.1 Å². The summed E-state index contributed by atoms with van der Waals surface area (Å²) in [5.74, 6) is -0.459. The monoisotopic (exact) mass is 574 g/mol. The molecule has 4 aromatic rings. The normalized spacial score (nSPS) is 21.5. The molecule has 1 saturated carbocycles. The number of aliphatic hydroxyl groups is 1. The number of hydrogen-bond donors (Lipinski definition) is 2. The molecule has 2 aliphatic heterocycles. The van der Waals surface area contributed by atoms with Crippen molar-refractivity contribution in [3.8, 4) is 0 Å². The second-order valence-electron chi connectivity index (χ2n) is 10.9. The molecule has 42 heavy (non-hydrogen) atoms. The Morgan fingerprint density at radius 1 is 1.02 bits per heavy atom. The van der Waals surface area contributed by atoms with Gasteiger partial charge in [0.05, 0.1) is 18.4 Å². The molecule has 11 nitrogen and oxygen atoms in total. The predicted octanol–water partition coefficient (Wildman–Crippen LogP) is 2.49. The van der Waals surface area contributed by atoms with Gasteiger partial charge in [-0.25, -0.2) is 13.8 Å². The average Bonchev–Trinajstić information content (AvgIpc) is 3.47. The molecule has 4 heterocycles. The summed E-state index contributed by atoms with van der Waals surface area (Å²) < 4.78 is 30.4. The number of fused-ring (bicyclic) bond motifs is 2. The highest BCUT2D eigenvalue weighted by Crippen LogP contribution is 2.57. The van der Waals surface area contributed by atoms with Crippen molar-refractivity contribution in [2.24, 2.45) is 11.8 Å². The molecule has 2 aromatic carbocycles. The fraction of sp³-hybridized carbons (Fsp3) is 0.345. The lowest BCUT2D eigenvalue weighted by atomic mass is 10.0. The highest BCUT2D eigenvalue weighted by atomic mass is 19.1. The molecule has 0 spiro atoms. The van der Waals surface area contributed by atoms with Gasteiger partial charge in [0, 0.05) is 49.7 Å². The number of carbonyl (C=O) groups is 2. The summed E-state index contributed by atoms with van der Waals surface area (Å²) in [6, 6.07) is 10.6. The van der Waals surface area contributed by atoms with Gasteiger partial charge in [0.25, 0.3) is 5.91 Å². The Labute approximate surface area is 239 Å². The maximum Gasteiger partial charge on any atom is 0.293 e. The Morgan fingerprint density at radius 3 is 2.57 bits per heavy atom. The summed E-state index contributed by atoms with van der Waals surface area (Å²) in [7, 11) is 0. The first kappa shape index (κ1) is 26.3. The molecule has 2 N–H and O–H groups in total. The van der Waals surface area contributed by atoms with E-state index in [9.17, 15) is 18.4 Å². The lowest BCUT2D eigenvalue weighted by molar-refractivity contribution is -0.134. The summed E-state index contributed by atoms with van der Waals surface area (Å²) in [5.41, 5.74) is 2.23. The minimum Gasteiger partial charge on any atom is -0.387 e. The number of aromatic nitrogens is 4. The number of amides is 2. The van der Waals surface area contributed by atoms with Crippen LogP contribution >= 0.6 is 0 Å². The van der Waals surface area contributed by atoms with E-state index in [0.717, 1.165) is 24.2 Å². The molecule has 2 saturated heterocycles. The zero-order chi connectivity index (χ0) is 29.0. The van der Waals surface area contributed by atoms with E-state index >= 15 is 0 Å². The number of rotatable bonds is 6. The zero-order valence-electron chi connectivity index (χ0n) is 22.5. The molecule has 216 valence electrons. The number of halogens is 2. The third-order valence-corrected chi connectivity index (χ3v) is 8.46. The van der Waals surface area contributed by atoms with Gasteiger partial charge in [0.15, 0.2) is 5.65 Å². The first-order valence-corrected chi connectivity index (χ1v) is 13.9. The van der Waals surface area contributed by atoms with Crippen LogP contribution in [0.4, 0.5) is 26.0 Å². The van der Waals surface area contributed by atoms with E-state index in [0.29, 0.717) is 61.4 Å². The molecule has 2 unspecified atom stereocenters. The van der Waals surface area contributed by atoms with E-state index in [1.165, 1.54) is 12.3 Å². The smallest absolute Gasteiger partial charge is 0.293 e. The molecule has 2 amide bonds. The van der Waals surface area contributed by atoms with Crippen molar-refractivity contribution in [1.82, 2.24) is 24.5 Å². The molecule has 0 bridgehead atoms. The summed E-state index contributed by atoms with van der Waals surface area (Å²) in [4.78, 5) is 35.2. The van der Waals surface area contributed by atoms with Gasteiger partial charge in [-0.2, -0.15) is 0 Å². The lowest BCUT2D eigenvalue weighted by Crippen LogP contribution is -2.49. The van der Waals surface area contributed by atoms with E-state index in [-0.39, 0.29) is 23.7 Å². The van der Waals surface area contributed by atoms with Gasteiger partial charge in [0.2, 0.25) is 11.7 Å². The number of nitrogens with zero attached hydrogens (tertiary/aromatic N) is 7. The van der Waals surface area contributed by atoms with Crippen LogP contribution in [0.3, 0.4) is 0 Å². The third-order valence-electron chi connectivity index (χ3n) is 8.46. The summed E-state index contributed by atoms with van der Waals surface area (Å²) in [6.45, 7) is 2.53. The maximum absolute atomic E-state index is 14.8. The van der Waals surface area contributed by atoms with E-state index in [2.05, 4.69) is 25.4 Å². The van der Waals surface area contributed by atoms with Crippen molar-refractivity contribution in [2.45, 2.75) is 12.5 Å². The molecule has 3 atom stereocenters. The van der Waals surface area contributed by atoms with Crippen LogP contribution in [-0.4, -0.2) is 80.7 Å². The van der Waals surface area contributed by atoms with Gasteiger partial charge >= 0.3 is 0 Å². The third kappa shape index (κ3) is 4.69. The van der Waals surface area contributed by atoms with Gasteiger partial charge in [-0.3, -0.25) is 14.0 Å². The standard InChI is InChI=1S/C29H28F2N8O3/c30-18-1-6-23(31)22(12-18)27-21-11-17(21)14-38(27)25-15-39-24(13-32-25)34-35-28(39)29(42)33-19-2-4-20(5-3-19)36-7-9-37(10-8-36)26(41)16-40/h1-6,12-13,15,17,21,27,40H,7-11,14,16H2,(H,33,42)/t17?,21?,27-/m1/s1. The SMILES string of the molecule is O=C(Nc1ccc(N2CCN(C(=O)CO)CC2)cc1)c1nnc2cnc(N3CC4CC4[C@@H]3c3cc(F)ccc3F)cn12. The summed E-state index contributed by atoms with van der Waals surface area (Å²) in [6.07, 6.45) is 4.15. The average molecular weight is 575 g/mol. The van der Waals surface area contributed by atoms with Crippen LogP contribution in [0.5, 0.6) is 0 Å². The van der Waals surface area contributed by atoms with Crippen molar-refractivity contribution >= 4 is 34.7 Å². The van der Waals surface area contributed by atoms with Crippen molar-refractivity contribution in [1.29, 1.82) is 0 Å². The van der Waals surface area contributed by atoms with Crippen LogP contribution in [0.1, 0.15) is 28.6 Å². The van der Waals surface area contributed by atoms with Gasteiger partial charge in [-0.15, -0.1) is 10.2 Å². The molecule has 1 aliphatic carbocycles. The van der Waals surface area contributed by atoms with Crippen molar-refractivity contribution < 1.29 is 23.5 Å². The lowest BCUT2D eigenvalue weighted by Gasteiger charge is -2.35. The Morgan fingerprint density at radius 2 is 1.81 bits per heavy atom. The molecule has 3 fully saturated rings. The molecule has 3 aliphatic rings. The Hall–Kier alpha value is -4.65. The maximum atomic E-state index is 14.8. The molecule has 2 aromatic heterocycles. The molecule has 13 heteroatoms. The molecular weight excluding hydrogens is 546 g/mol. The van der Waals surface area contributed by atoms with Gasteiger partial charge in [-0.05, 0) is 60.7 Å². The van der Waals surface area contributed by atoms with Gasteiger partial charge in [-0.1, -0.05) is 0 Å². The van der Waals surface area contributed by atoms with Crippen LogP contribution in [-0.2, 0) is 4.79 Å². The number of carbonyl (C=O) groups excluding carboxylic acids is 2. The second-order valence-corrected chi connectivity index (χ2v) is 10.9. The largest absolute Gasteiger partial charge is 0.387 e. The number of aliphatic hydroxyl groups excluding tert-OH is 1. The fourth-order valence-electron chi connectivity index (χ4n) is 6.19. The first-order valence-electron chi connectivity index (χ1n) is 13.9. The Kier molecular flexibility index (Phi) is 6.45. The molecule has 0 radical (unpaired) electrons. The van der Waals surface area contributed by atoms with Crippen molar-refractivity contribution in [3.05, 3.63) is 77.9 Å². The number of nitrogens with one attached hydrogen (secondary N) is 1. The molecular formula is C29H28F2N8O3. The highest BCUT2D eigenvalue weighted by Gasteiger charge is 2.54. The second kappa shape index (κ2) is 10.3. The number of hydrogen-bond acceptors (Lipinski definition) is 8. The highest BCUT2D eigenvalue weighted by molar-refractivity contribution is 6.02. The minimum atomic E-state index is -0.484. The summed E-state index contributed by atoms with van der Waals surface area (Å²) in [5, 5.41) is 20.1. The van der Waals surface area contributed by atoms with E-state index in [1.54, 1.807) is 27.6 Å². The predicted molar refractivity (Wildman–Crippen MR) is 149 cm³/mol. The zero-order valence-corrected chi connectivity index (χ0v) is 22.5. The minimum absolute atomic E-state index is 0.0697. The van der Waals surface area contributed by atoms with Crippen LogP contribution in [0.25, 0.3) is 5.65 Å². The Bertz CT molecular complexity index is 1670. The van der Waals surface area contributed by atoms with Gasteiger partial charge < -0.3 is 25.1 Å². The summed E-state index contributed by atoms with van der Waals surface area (Å²) >= 11 is 0. The number of piperazine rings is 1. The van der Waals surface area contributed by atoms with Crippen molar-refractivity contribution in [2.75, 3.05) is 54.4 Å². The fourth-order valence-corrected chi connectivity index (χ4v) is 6.19. The first-order chi connectivity index (χ1) is 20.4. The Balaban J connectivity index is 1.08. The number of benzene rings is 2. The quantitative estimate of drug-likeness (QED) is 0.361. The van der Waals surface area contributed by atoms with Crippen molar-refractivity contribution in [3.63, 3.8) is 0 Å².